The van der Waals surface area contributed by atoms with Crippen LogP contribution in [-0.4, -0.2) is 4.92 Å². The largest absolute Gasteiger partial charge is 0.381 e. The summed E-state index contributed by atoms with van der Waals surface area (Å²) in [4.78, 5) is 11.0. The number of benzene rings is 3. The molecule has 0 amide bonds. The maximum Gasteiger partial charge on any atom is 0.310 e. The fourth-order valence-electron chi connectivity index (χ4n) is 2.95. The van der Waals surface area contributed by atoms with Crippen molar-refractivity contribution in [1.29, 1.82) is 15.8 Å². The summed E-state index contributed by atoms with van der Waals surface area (Å²) in [6.45, 7) is 0.708. The number of hydrogen-bond donors (Lipinski definition) is 2. The molecule has 0 saturated carbocycles. The Balaban J connectivity index is 1.83. The van der Waals surface area contributed by atoms with E-state index in [9.17, 15) is 15.4 Å². The fraction of sp³-hybridized carbons (Fsp3) is 0.0870. The van der Waals surface area contributed by atoms with Gasteiger partial charge in [-0.05, 0) is 47.5 Å². The number of rotatable bonds is 7. The minimum absolute atomic E-state index is 0.0582. The predicted molar refractivity (Wildman–Crippen MR) is 115 cm³/mol. The Morgan fingerprint density at radius 2 is 1.29 bits per heavy atom. The van der Waals surface area contributed by atoms with Gasteiger partial charge < -0.3 is 10.6 Å². The Kier molecular flexibility index (Phi) is 6.43. The van der Waals surface area contributed by atoms with Gasteiger partial charge in [0.1, 0.15) is 17.3 Å². The normalized spacial score (nSPS) is 9.71. The Labute approximate surface area is 178 Å². The molecule has 0 saturated heterocycles. The molecule has 0 unspecified atom stereocenters. The molecule has 0 aliphatic rings. The van der Waals surface area contributed by atoms with Crippen LogP contribution in [0.25, 0.3) is 0 Å². The first-order chi connectivity index (χ1) is 15.0. The second-order valence-corrected chi connectivity index (χ2v) is 6.61. The molecule has 0 bridgehead atoms. The summed E-state index contributed by atoms with van der Waals surface area (Å²) < 4.78 is 0. The van der Waals surface area contributed by atoms with Crippen LogP contribution in [0.4, 0.5) is 17.1 Å². The quantitative estimate of drug-likeness (QED) is 0.435. The number of hydrogen-bond acceptors (Lipinski definition) is 7. The second kappa shape index (κ2) is 9.56. The highest BCUT2D eigenvalue weighted by molar-refractivity contribution is 5.75. The highest BCUT2D eigenvalue weighted by Crippen LogP contribution is 2.33. The third-order valence-corrected chi connectivity index (χ3v) is 4.56. The monoisotopic (exact) mass is 408 g/mol. The number of nitro benzene ring substituents is 1. The molecule has 0 fully saturated rings. The van der Waals surface area contributed by atoms with Crippen molar-refractivity contribution in [2.75, 3.05) is 10.6 Å². The number of anilines is 2. The van der Waals surface area contributed by atoms with Gasteiger partial charge in [0.05, 0.1) is 28.2 Å². The maximum atomic E-state index is 11.6. The number of nitriles is 3. The van der Waals surface area contributed by atoms with Crippen molar-refractivity contribution in [2.45, 2.75) is 13.1 Å². The average molecular weight is 408 g/mol. The summed E-state index contributed by atoms with van der Waals surface area (Å²) in [6.07, 6.45) is 0. The number of nitrogens with one attached hydrogen (secondary N) is 2. The molecular formula is C23H16N6O2. The van der Waals surface area contributed by atoms with E-state index >= 15 is 0 Å². The molecule has 3 rings (SSSR count). The summed E-state index contributed by atoms with van der Waals surface area (Å²) in [6, 6.07) is 22.9. The summed E-state index contributed by atoms with van der Waals surface area (Å²) >= 11 is 0. The van der Waals surface area contributed by atoms with Crippen molar-refractivity contribution in [1.82, 2.24) is 0 Å². The summed E-state index contributed by atoms with van der Waals surface area (Å²) in [5.41, 5.74) is 3.25. The van der Waals surface area contributed by atoms with Crippen molar-refractivity contribution >= 4 is 17.1 Å². The SMILES string of the molecule is N#Cc1ccc(CNc2cc(C#N)c([N+](=O)[O-])c(NCc3ccc(C#N)cc3)c2)cc1. The molecule has 8 heteroatoms. The van der Waals surface area contributed by atoms with E-state index in [0.29, 0.717) is 23.4 Å². The van der Waals surface area contributed by atoms with E-state index in [-0.39, 0.29) is 23.5 Å². The van der Waals surface area contributed by atoms with Crippen LogP contribution in [0.15, 0.2) is 60.7 Å². The lowest BCUT2D eigenvalue weighted by Crippen LogP contribution is -2.07. The number of nitrogens with zero attached hydrogens (tertiary/aromatic N) is 4. The molecule has 150 valence electrons. The van der Waals surface area contributed by atoms with Gasteiger partial charge in [0.15, 0.2) is 0 Å². The molecule has 0 heterocycles. The van der Waals surface area contributed by atoms with E-state index in [1.54, 1.807) is 42.5 Å². The predicted octanol–water partition coefficient (Wildman–Crippen LogP) is 4.43. The lowest BCUT2D eigenvalue weighted by atomic mass is 10.1. The van der Waals surface area contributed by atoms with E-state index in [4.69, 9.17) is 10.5 Å². The van der Waals surface area contributed by atoms with Crippen molar-refractivity contribution in [3.8, 4) is 18.2 Å². The summed E-state index contributed by atoms with van der Waals surface area (Å²) in [5, 5.41) is 45.0. The minimum atomic E-state index is -0.579. The van der Waals surface area contributed by atoms with Gasteiger partial charge in [0, 0.05) is 18.8 Å². The molecular weight excluding hydrogens is 392 g/mol. The van der Waals surface area contributed by atoms with Crippen LogP contribution in [-0.2, 0) is 13.1 Å². The lowest BCUT2D eigenvalue weighted by Gasteiger charge is -2.12. The Morgan fingerprint density at radius 3 is 1.74 bits per heavy atom. The van der Waals surface area contributed by atoms with Gasteiger partial charge in [-0.15, -0.1) is 0 Å². The lowest BCUT2D eigenvalue weighted by molar-refractivity contribution is -0.384. The molecule has 2 N–H and O–H groups in total. The Morgan fingerprint density at radius 1 is 0.774 bits per heavy atom. The Bertz CT molecular complexity index is 1230. The molecule has 0 atom stereocenters. The zero-order chi connectivity index (χ0) is 22.2. The highest BCUT2D eigenvalue weighted by Gasteiger charge is 2.21. The maximum absolute atomic E-state index is 11.6. The molecule has 0 aliphatic carbocycles. The van der Waals surface area contributed by atoms with E-state index in [1.165, 1.54) is 6.07 Å². The first kappa shape index (κ1) is 20.9. The molecule has 0 spiro atoms. The van der Waals surface area contributed by atoms with Crippen LogP contribution >= 0.6 is 0 Å². The smallest absolute Gasteiger partial charge is 0.310 e. The topological polar surface area (TPSA) is 139 Å². The third-order valence-electron chi connectivity index (χ3n) is 4.56. The molecule has 31 heavy (non-hydrogen) atoms. The molecule has 0 aromatic heterocycles. The zero-order valence-electron chi connectivity index (χ0n) is 16.3. The van der Waals surface area contributed by atoms with Crippen molar-refractivity contribution < 1.29 is 4.92 Å². The number of nitro groups is 1. The van der Waals surface area contributed by atoms with Crippen LogP contribution < -0.4 is 10.6 Å². The van der Waals surface area contributed by atoms with Crippen molar-refractivity contribution in [3.63, 3.8) is 0 Å². The van der Waals surface area contributed by atoms with E-state index in [2.05, 4.69) is 16.7 Å². The first-order valence-corrected chi connectivity index (χ1v) is 9.22. The van der Waals surface area contributed by atoms with Crippen LogP contribution in [0.3, 0.4) is 0 Å². The van der Waals surface area contributed by atoms with Crippen molar-refractivity contribution in [2.24, 2.45) is 0 Å². The molecule has 0 aliphatic heterocycles. The molecule has 3 aromatic carbocycles. The fourth-order valence-corrected chi connectivity index (χ4v) is 2.95. The van der Waals surface area contributed by atoms with Gasteiger partial charge >= 0.3 is 5.69 Å². The van der Waals surface area contributed by atoms with E-state index in [1.807, 2.05) is 24.3 Å². The van der Waals surface area contributed by atoms with Gasteiger partial charge in [-0.25, -0.2) is 0 Å². The molecule has 3 aromatic rings. The zero-order valence-corrected chi connectivity index (χ0v) is 16.3. The van der Waals surface area contributed by atoms with Gasteiger partial charge in [0.25, 0.3) is 0 Å². The highest BCUT2D eigenvalue weighted by atomic mass is 16.6. The van der Waals surface area contributed by atoms with Gasteiger partial charge in [-0.1, -0.05) is 24.3 Å². The summed E-state index contributed by atoms with van der Waals surface area (Å²) in [5.74, 6) is 0. The Hall–Kier alpha value is -4.87. The summed E-state index contributed by atoms with van der Waals surface area (Å²) in [7, 11) is 0. The standard InChI is InChI=1S/C23H16N6O2/c24-11-16-1-5-18(6-2-16)14-27-21-9-20(13-26)23(29(30)31)22(10-21)28-15-19-7-3-17(12-25)4-8-19/h1-10,27-28H,14-15H2. The van der Waals surface area contributed by atoms with E-state index in [0.717, 1.165) is 11.1 Å². The van der Waals surface area contributed by atoms with Crippen LogP contribution in [0, 0.1) is 44.1 Å². The third kappa shape index (κ3) is 5.14. The molecule has 0 radical (unpaired) electrons. The average Bonchev–Trinajstić information content (AvgIpc) is 2.81. The van der Waals surface area contributed by atoms with Gasteiger partial charge in [-0.3, -0.25) is 10.1 Å². The van der Waals surface area contributed by atoms with Crippen molar-refractivity contribution in [3.05, 3.63) is 98.6 Å². The van der Waals surface area contributed by atoms with Crippen LogP contribution in [0.2, 0.25) is 0 Å². The minimum Gasteiger partial charge on any atom is -0.381 e. The van der Waals surface area contributed by atoms with Gasteiger partial charge in [-0.2, -0.15) is 15.8 Å². The second-order valence-electron chi connectivity index (χ2n) is 6.61. The van der Waals surface area contributed by atoms with Crippen LogP contribution in [0.5, 0.6) is 0 Å². The van der Waals surface area contributed by atoms with Crippen LogP contribution in [0.1, 0.15) is 27.8 Å². The van der Waals surface area contributed by atoms with Gasteiger partial charge in [0.2, 0.25) is 0 Å². The first-order valence-electron chi connectivity index (χ1n) is 9.22. The van der Waals surface area contributed by atoms with E-state index < -0.39 is 4.92 Å². The molecule has 8 nitrogen and oxygen atoms in total.